The topological polar surface area (TPSA) is 78.7 Å². The second-order valence-corrected chi connectivity index (χ2v) is 6.67. The van der Waals surface area contributed by atoms with Crippen LogP contribution in [0.4, 0.5) is 11.5 Å². The van der Waals surface area contributed by atoms with Crippen molar-refractivity contribution < 1.29 is 14.0 Å². The summed E-state index contributed by atoms with van der Waals surface area (Å²) in [6.07, 6.45) is 6.18. The number of amides is 2. The molecule has 3 rings (SSSR count). The number of aromatic nitrogens is 1. The molecule has 144 valence electrons. The van der Waals surface area contributed by atoms with Gasteiger partial charge < -0.3 is 19.5 Å². The molecule has 1 saturated heterocycles. The van der Waals surface area contributed by atoms with Crippen LogP contribution in [0, 0.1) is 5.92 Å². The number of carbonyl (C=O) groups excluding carboxylic acids is 2. The second kappa shape index (κ2) is 8.70. The first-order chi connectivity index (χ1) is 13.1. The summed E-state index contributed by atoms with van der Waals surface area (Å²) in [5.41, 5.74) is 1.20. The summed E-state index contributed by atoms with van der Waals surface area (Å²) in [5.74, 6) is 0.508. The van der Waals surface area contributed by atoms with Gasteiger partial charge in [0.2, 0.25) is 5.91 Å². The van der Waals surface area contributed by atoms with Gasteiger partial charge in [-0.15, -0.1) is 0 Å². The summed E-state index contributed by atoms with van der Waals surface area (Å²) in [6, 6.07) is 5.43. The van der Waals surface area contributed by atoms with Gasteiger partial charge in [0.05, 0.1) is 29.6 Å². The lowest BCUT2D eigenvalue weighted by molar-refractivity contribution is -0.121. The van der Waals surface area contributed by atoms with Crippen molar-refractivity contribution in [2.24, 2.45) is 5.92 Å². The molecule has 1 aliphatic rings. The Kier molecular flexibility index (Phi) is 6.11. The number of anilines is 2. The molecule has 1 atom stereocenters. The maximum Gasteiger partial charge on any atom is 0.257 e. The monoisotopic (exact) mass is 370 g/mol. The Morgan fingerprint density at radius 1 is 1.30 bits per heavy atom. The SMILES string of the molecule is CCN(CC)c1ccc(NC(=O)[C@H]2CCCN(C(=O)c3ccoc3)C2)cn1. The van der Waals surface area contributed by atoms with E-state index in [1.165, 1.54) is 12.5 Å². The second-order valence-electron chi connectivity index (χ2n) is 6.67. The first kappa shape index (κ1) is 18.9. The van der Waals surface area contributed by atoms with Crippen molar-refractivity contribution in [2.45, 2.75) is 26.7 Å². The number of nitrogens with zero attached hydrogens (tertiary/aromatic N) is 3. The van der Waals surface area contributed by atoms with Crippen LogP contribution in [0.2, 0.25) is 0 Å². The fourth-order valence-electron chi connectivity index (χ4n) is 3.38. The van der Waals surface area contributed by atoms with Gasteiger partial charge in [-0.25, -0.2) is 4.98 Å². The number of furan rings is 1. The lowest BCUT2D eigenvalue weighted by atomic mass is 9.96. The standard InChI is InChI=1S/C20H26N4O3/c1-3-23(4-2)18-8-7-17(12-21-18)22-19(25)15-6-5-10-24(13-15)20(26)16-9-11-27-14-16/h7-9,11-12,14-15H,3-6,10,13H2,1-2H3,(H,22,25)/t15-/m0/s1. The molecule has 0 radical (unpaired) electrons. The zero-order valence-electron chi connectivity index (χ0n) is 15.9. The van der Waals surface area contributed by atoms with Crippen LogP contribution in [0.15, 0.2) is 41.3 Å². The minimum atomic E-state index is -0.225. The molecule has 0 saturated carbocycles. The molecule has 2 aromatic rings. The van der Waals surface area contributed by atoms with E-state index in [1.807, 2.05) is 12.1 Å². The first-order valence-corrected chi connectivity index (χ1v) is 9.45. The van der Waals surface area contributed by atoms with Crippen molar-refractivity contribution in [3.05, 3.63) is 42.5 Å². The van der Waals surface area contributed by atoms with Gasteiger partial charge in [0, 0.05) is 26.2 Å². The number of likely N-dealkylation sites (tertiary alicyclic amines) is 1. The molecule has 27 heavy (non-hydrogen) atoms. The summed E-state index contributed by atoms with van der Waals surface area (Å²) >= 11 is 0. The van der Waals surface area contributed by atoms with Crippen molar-refractivity contribution in [3.8, 4) is 0 Å². The van der Waals surface area contributed by atoms with Crippen LogP contribution in [-0.2, 0) is 4.79 Å². The third kappa shape index (κ3) is 4.48. The molecular weight excluding hydrogens is 344 g/mol. The highest BCUT2D eigenvalue weighted by Gasteiger charge is 2.29. The van der Waals surface area contributed by atoms with E-state index in [9.17, 15) is 9.59 Å². The molecule has 0 spiro atoms. The van der Waals surface area contributed by atoms with Crippen LogP contribution in [0.5, 0.6) is 0 Å². The Labute approximate surface area is 159 Å². The van der Waals surface area contributed by atoms with Crippen molar-refractivity contribution in [1.82, 2.24) is 9.88 Å². The third-order valence-electron chi connectivity index (χ3n) is 4.95. The summed E-state index contributed by atoms with van der Waals surface area (Å²) < 4.78 is 4.99. The van der Waals surface area contributed by atoms with E-state index in [4.69, 9.17) is 4.42 Å². The maximum absolute atomic E-state index is 12.6. The van der Waals surface area contributed by atoms with Crippen molar-refractivity contribution >= 4 is 23.3 Å². The number of nitrogens with one attached hydrogen (secondary N) is 1. The number of hydrogen-bond acceptors (Lipinski definition) is 5. The molecule has 7 heteroatoms. The molecule has 7 nitrogen and oxygen atoms in total. The van der Waals surface area contributed by atoms with Gasteiger partial charge in [-0.05, 0) is 44.9 Å². The lowest BCUT2D eigenvalue weighted by Gasteiger charge is -2.31. The zero-order chi connectivity index (χ0) is 19.2. The van der Waals surface area contributed by atoms with E-state index >= 15 is 0 Å². The highest BCUT2D eigenvalue weighted by molar-refractivity contribution is 5.96. The third-order valence-corrected chi connectivity index (χ3v) is 4.95. The largest absolute Gasteiger partial charge is 0.472 e. The summed E-state index contributed by atoms with van der Waals surface area (Å²) in [4.78, 5) is 33.4. The van der Waals surface area contributed by atoms with Crippen molar-refractivity contribution in [2.75, 3.05) is 36.4 Å². The van der Waals surface area contributed by atoms with E-state index in [2.05, 4.69) is 29.0 Å². The normalized spacial score (nSPS) is 16.8. The molecule has 0 aliphatic carbocycles. The molecule has 1 N–H and O–H groups in total. The number of hydrogen-bond donors (Lipinski definition) is 1. The Morgan fingerprint density at radius 3 is 2.74 bits per heavy atom. The van der Waals surface area contributed by atoms with E-state index in [-0.39, 0.29) is 17.7 Å². The lowest BCUT2D eigenvalue weighted by Crippen LogP contribution is -2.43. The van der Waals surface area contributed by atoms with Gasteiger partial charge in [-0.3, -0.25) is 9.59 Å². The van der Waals surface area contributed by atoms with Gasteiger partial charge in [-0.2, -0.15) is 0 Å². The smallest absolute Gasteiger partial charge is 0.257 e. The van der Waals surface area contributed by atoms with E-state index in [0.29, 0.717) is 24.3 Å². The minimum absolute atomic E-state index is 0.0721. The Morgan fingerprint density at radius 2 is 2.11 bits per heavy atom. The predicted octanol–water partition coefficient (Wildman–Crippen LogP) is 3.01. The number of pyridine rings is 1. The molecule has 2 amide bonds. The van der Waals surface area contributed by atoms with Gasteiger partial charge in [0.25, 0.3) is 5.91 Å². The van der Waals surface area contributed by atoms with Gasteiger partial charge in [-0.1, -0.05) is 0 Å². The highest BCUT2D eigenvalue weighted by Crippen LogP contribution is 2.21. The number of piperidine rings is 1. The van der Waals surface area contributed by atoms with Crippen molar-refractivity contribution in [1.29, 1.82) is 0 Å². The van der Waals surface area contributed by atoms with Crippen LogP contribution in [0.1, 0.15) is 37.0 Å². The highest BCUT2D eigenvalue weighted by atomic mass is 16.3. The Balaban J connectivity index is 1.59. The number of rotatable bonds is 6. The van der Waals surface area contributed by atoms with E-state index in [1.54, 1.807) is 17.2 Å². The predicted molar refractivity (Wildman–Crippen MR) is 104 cm³/mol. The number of carbonyl (C=O) groups is 2. The quantitative estimate of drug-likeness (QED) is 0.846. The van der Waals surface area contributed by atoms with Crippen molar-refractivity contribution in [3.63, 3.8) is 0 Å². The van der Waals surface area contributed by atoms with Gasteiger partial charge in [0.1, 0.15) is 12.1 Å². The fraction of sp³-hybridized carbons (Fsp3) is 0.450. The first-order valence-electron chi connectivity index (χ1n) is 9.45. The zero-order valence-corrected chi connectivity index (χ0v) is 15.9. The molecular formula is C20H26N4O3. The summed E-state index contributed by atoms with van der Waals surface area (Å²) in [5, 5.41) is 2.93. The summed E-state index contributed by atoms with van der Waals surface area (Å²) in [7, 11) is 0. The maximum atomic E-state index is 12.6. The van der Waals surface area contributed by atoms with E-state index in [0.717, 1.165) is 31.7 Å². The molecule has 1 fully saturated rings. The molecule has 0 bridgehead atoms. The molecule has 3 heterocycles. The van der Waals surface area contributed by atoms with Crippen LogP contribution in [0.25, 0.3) is 0 Å². The van der Waals surface area contributed by atoms with Gasteiger partial charge >= 0.3 is 0 Å². The molecule has 0 aromatic carbocycles. The summed E-state index contributed by atoms with van der Waals surface area (Å²) in [6.45, 7) is 7.02. The average Bonchev–Trinajstić information content (AvgIpc) is 3.24. The Hall–Kier alpha value is -2.83. The van der Waals surface area contributed by atoms with E-state index < -0.39 is 0 Å². The van der Waals surface area contributed by atoms with Crippen LogP contribution >= 0.6 is 0 Å². The van der Waals surface area contributed by atoms with Crippen LogP contribution in [0.3, 0.4) is 0 Å². The molecule has 0 unspecified atom stereocenters. The average molecular weight is 370 g/mol. The van der Waals surface area contributed by atoms with Crippen LogP contribution in [-0.4, -0.2) is 47.9 Å². The molecule has 1 aliphatic heterocycles. The van der Waals surface area contributed by atoms with Crippen LogP contribution < -0.4 is 10.2 Å². The minimum Gasteiger partial charge on any atom is -0.472 e. The molecule has 2 aromatic heterocycles. The van der Waals surface area contributed by atoms with Gasteiger partial charge in [0.15, 0.2) is 0 Å². The fourth-order valence-corrected chi connectivity index (χ4v) is 3.38. The Bertz CT molecular complexity index is 754.